The predicted molar refractivity (Wildman–Crippen MR) is 154 cm³/mol. The number of benzene rings is 2. The van der Waals surface area contributed by atoms with Gasteiger partial charge in [-0.05, 0) is 86.7 Å². The smallest absolute Gasteiger partial charge is 0.230 e. The molecule has 0 saturated carbocycles. The molecule has 4 rings (SSSR count). The van der Waals surface area contributed by atoms with Crippen LogP contribution in [0.25, 0.3) is 5.69 Å². The molecule has 1 fully saturated rings. The van der Waals surface area contributed by atoms with Crippen LogP contribution in [0.3, 0.4) is 0 Å². The minimum atomic E-state index is -0.377. The normalized spacial score (nSPS) is 14.4. The van der Waals surface area contributed by atoms with E-state index in [-0.39, 0.29) is 24.0 Å². The fourth-order valence-electron chi connectivity index (χ4n) is 4.80. The molecule has 0 bridgehead atoms. The number of carbonyl (C=O) groups excluding carboxylic acids is 1. The van der Waals surface area contributed by atoms with Gasteiger partial charge in [-0.15, -0.1) is 0 Å². The minimum Gasteiger partial charge on any atom is -0.494 e. The fraction of sp³-hybridized carbons (Fsp3) is 0.448. The summed E-state index contributed by atoms with van der Waals surface area (Å²) in [7, 11) is 0. The Labute approximate surface area is 234 Å². The third-order valence-corrected chi connectivity index (χ3v) is 7.41. The molecule has 1 saturated heterocycles. The van der Waals surface area contributed by atoms with Gasteiger partial charge < -0.3 is 29.5 Å². The Bertz CT molecular complexity index is 1280. The van der Waals surface area contributed by atoms with E-state index in [1.54, 1.807) is 24.3 Å². The molecule has 2 heterocycles. The SMILES string of the molecule is CCCOc1ccc(NC(=O)Cc2c(O)n(-c3ccc(F)cc3)c(=S)n2CCCN2CCN(CC)CC2)cc1. The van der Waals surface area contributed by atoms with Crippen LogP contribution in [-0.4, -0.2) is 75.8 Å². The molecule has 1 amide bonds. The van der Waals surface area contributed by atoms with E-state index in [4.69, 9.17) is 17.0 Å². The van der Waals surface area contributed by atoms with Crippen molar-refractivity contribution in [2.45, 2.75) is 39.7 Å². The number of amides is 1. The molecule has 39 heavy (non-hydrogen) atoms. The largest absolute Gasteiger partial charge is 0.494 e. The van der Waals surface area contributed by atoms with Gasteiger partial charge in [0.15, 0.2) is 4.77 Å². The van der Waals surface area contributed by atoms with Gasteiger partial charge >= 0.3 is 0 Å². The number of aromatic nitrogens is 2. The molecule has 0 unspecified atom stereocenters. The molecule has 0 aliphatic carbocycles. The Morgan fingerprint density at radius 3 is 2.31 bits per heavy atom. The van der Waals surface area contributed by atoms with Gasteiger partial charge in [-0.1, -0.05) is 13.8 Å². The molecular weight excluding hydrogens is 517 g/mol. The highest BCUT2D eigenvalue weighted by Gasteiger charge is 2.22. The molecule has 210 valence electrons. The number of likely N-dealkylation sites (N-methyl/N-ethyl adjacent to an activating group) is 1. The average molecular weight is 556 g/mol. The standard InChI is InChI=1S/C29H38FN5O3S/c1-3-20-38-25-12-8-23(9-13-25)31-27(36)21-26-28(37)35(24-10-6-22(30)7-11-24)29(39)34(26)15-5-14-33-18-16-32(4-2)17-19-33/h6-13,37H,3-5,14-21H2,1-2H3,(H,31,36). The van der Waals surface area contributed by atoms with Gasteiger partial charge in [0, 0.05) is 38.4 Å². The summed E-state index contributed by atoms with van der Waals surface area (Å²) < 4.78 is 22.9. The first-order valence-electron chi connectivity index (χ1n) is 13.7. The van der Waals surface area contributed by atoms with Crippen molar-refractivity contribution in [2.75, 3.05) is 51.2 Å². The van der Waals surface area contributed by atoms with Crippen LogP contribution < -0.4 is 10.1 Å². The second-order valence-electron chi connectivity index (χ2n) is 9.74. The number of halogens is 1. The van der Waals surface area contributed by atoms with Gasteiger partial charge in [0.2, 0.25) is 11.8 Å². The number of hydrogen-bond donors (Lipinski definition) is 2. The maximum atomic E-state index is 13.6. The number of imidazole rings is 1. The summed E-state index contributed by atoms with van der Waals surface area (Å²) in [5, 5.41) is 14.1. The molecule has 0 atom stereocenters. The Hall–Kier alpha value is -3.21. The fourth-order valence-corrected chi connectivity index (χ4v) is 5.19. The van der Waals surface area contributed by atoms with E-state index in [0.29, 0.717) is 35.0 Å². The predicted octanol–water partition coefficient (Wildman–Crippen LogP) is 4.85. The number of nitrogens with zero attached hydrogens (tertiary/aromatic N) is 4. The Morgan fingerprint density at radius 1 is 1.00 bits per heavy atom. The van der Waals surface area contributed by atoms with Crippen molar-refractivity contribution in [3.05, 3.63) is 64.8 Å². The zero-order chi connectivity index (χ0) is 27.8. The van der Waals surface area contributed by atoms with Gasteiger partial charge in [0.05, 0.1) is 24.4 Å². The minimum absolute atomic E-state index is 0.0626. The average Bonchev–Trinajstić information content (AvgIpc) is 3.17. The Kier molecular flexibility index (Phi) is 10.1. The van der Waals surface area contributed by atoms with Gasteiger partial charge in [-0.3, -0.25) is 9.36 Å². The lowest BCUT2D eigenvalue weighted by molar-refractivity contribution is -0.115. The van der Waals surface area contributed by atoms with Crippen LogP contribution in [0.1, 0.15) is 32.4 Å². The summed E-state index contributed by atoms with van der Waals surface area (Å²) in [5.41, 5.74) is 1.61. The zero-order valence-electron chi connectivity index (χ0n) is 22.7. The number of piperazine rings is 1. The summed E-state index contributed by atoms with van der Waals surface area (Å²) in [5.74, 6) is -0.0171. The van der Waals surface area contributed by atoms with Gasteiger partial charge in [-0.2, -0.15) is 0 Å². The molecule has 0 spiro atoms. The van der Waals surface area contributed by atoms with E-state index < -0.39 is 0 Å². The Morgan fingerprint density at radius 2 is 1.67 bits per heavy atom. The van der Waals surface area contributed by atoms with Crippen molar-refractivity contribution < 1.29 is 19.0 Å². The number of aromatic hydroxyl groups is 1. The van der Waals surface area contributed by atoms with Crippen LogP contribution >= 0.6 is 12.2 Å². The van der Waals surface area contributed by atoms with Crippen molar-refractivity contribution in [3.63, 3.8) is 0 Å². The van der Waals surface area contributed by atoms with Crippen molar-refractivity contribution in [1.82, 2.24) is 18.9 Å². The van der Waals surface area contributed by atoms with Gasteiger partial charge in [0.1, 0.15) is 11.6 Å². The molecule has 3 aromatic rings. The summed E-state index contributed by atoms with van der Waals surface area (Å²) in [6.07, 6.45) is 1.67. The lowest BCUT2D eigenvalue weighted by atomic mass is 10.2. The summed E-state index contributed by atoms with van der Waals surface area (Å²) >= 11 is 5.75. The zero-order valence-corrected chi connectivity index (χ0v) is 23.6. The Balaban J connectivity index is 1.50. The highest BCUT2D eigenvalue weighted by atomic mass is 32.1. The van der Waals surface area contributed by atoms with E-state index in [1.165, 1.54) is 16.7 Å². The number of hydrogen-bond acceptors (Lipinski definition) is 6. The molecule has 2 aromatic carbocycles. The summed E-state index contributed by atoms with van der Waals surface area (Å²) in [4.78, 5) is 17.9. The van der Waals surface area contributed by atoms with Crippen molar-refractivity contribution in [1.29, 1.82) is 0 Å². The van der Waals surface area contributed by atoms with Crippen LogP contribution in [0.4, 0.5) is 10.1 Å². The van der Waals surface area contributed by atoms with E-state index >= 15 is 0 Å². The van der Waals surface area contributed by atoms with Crippen LogP contribution in [0, 0.1) is 10.6 Å². The molecule has 1 aliphatic heterocycles. The van der Waals surface area contributed by atoms with Crippen molar-refractivity contribution in [2.24, 2.45) is 0 Å². The van der Waals surface area contributed by atoms with Crippen molar-refractivity contribution in [3.8, 4) is 17.3 Å². The van der Waals surface area contributed by atoms with Gasteiger partial charge in [0.25, 0.3) is 0 Å². The maximum absolute atomic E-state index is 13.6. The van der Waals surface area contributed by atoms with E-state index in [9.17, 15) is 14.3 Å². The first-order valence-corrected chi connectivity index (χ1v) is 14.1. The monoisotopic (exact) mass is 555 g/mol. The van der Waals surface area contributed by atoms with Gasteiger partial charge in [-0.25, -0.2) is 4.39 Å². The second-order valence-corrected chi connectivity index (χ2v) is 10.1. The third kappa shape index (κ3) is 7.46. The third-order valence-electron chi connectivity index (χ3n) is 7.01. The first-order chi connectivity index (χ1) is 18.9. The molecule has 2 N–H and O–H groups in total. The molecule has 1 aromatic heterocycles. The lowest BCUT2D eigenvalue weighted by Crippen LogP contribution is -2.46. The second kappa shape index (κ2) is 13.7. The molecular formula is C29H38FN5O3S. The van der Waals surface area contributed by atoms with Crippen LogP contribution in [0.5, 0.6) is 11.6 Å². The van der Waals surface area contributed by atoms with Crippen LogP contribution in [0.2, 0.25) is 0 Å². The van der Waals surface area contributed by atoms with E-state index in [1.807, 2.05) is 23.6 Å². The highest BCUT2D eigenvalue weighted by Crippen LogP contribution is 2.27. The number of carbonyl (C=O) groups is 1. The number of nitrogens with one attached hydrogen (secondary N) is 1. The molecule has 10 heteroatoms. The highest BCUT2D eigenvalue weighted by molar-refractivity contribution is 7.71. The lowest BCUT2D eigenvalue weighted by Gasteiger charge is -2.34. The first kappa shape index (κ1) is 28.8. The van der Waals surface area contributed by atoms with Crippen molar-refractivity contribution >= 4 is 23.8 Å². The maximum Gasteiger partial charge on any atom is 0.230 e. The quantitative estimate of drug-likeness (QED) is 0.311. The number of rotatable bonds is 12. The summed E-state index contributed by atoms with van der Waals surface area (Å²) in [6.45, 7) is 11.6. The molecule has 8 nitrogen and oxygen atoms in total. The van der Waals surface area contributed by atoms with E-state index in [2.05, 4.69) is 22.0 Å². The number of ether oxygens (including phenoxy) is 1. The molecule has 1 aliphatic rings. The number of anilines is 1. The van der Waals surface area contributed by atoms with E-state index in [0.717, 1.165) is 57.9 Å². The van der Waals surface area contributed by atoms with Crippen LogP contribution in [0.15, 0.2) is 48.5 Å². The topological polar surface area (TPSA) is 74.9 Å². The van der Waals surface area contributed by atoms with Crippen LogP contribution in [-0.2, 0) is 17.8 Å². The summed E-state index contributed by atoms with van der Waals surface area (Å²) in [6, 6.07) is 13.0. The molecule has 0 radical (unpaired) electrons.